The number of aryl methyl sites for hydroxylation is 2. The maximum Gasteiger partial charge on any atom is 0.139 e. The molecule has 1 N–H and O–H groups in total. The molecule has 1 aromatic carbocycles. The van der Waals surface area contributed by atoms with Gasteiger partial charge in [-0.05, 0) is 37.8 Å². The third kappa shape index (κ3) is 2.52. The Labute approximate surface area is 119 Å². The summed E-state index contributed by atoms with van der Waals surface area (Å²) in [4.78, 5) is 0. The summed E-state index contributed by atoms with van der Waals surface area (Å²) in [7, 11) is 0. The fourth-order valence-electron chi connectivity index (χ4n) is 2.58. The second-order valence-corrected chi connectivity index (χ2v) is 5.88. The second kappa shape index (κ2) is 5.18. The zero-order valence-electron chi connectivity index (χ0n) is 11.6. The van der Waals surface area contributed by atoms with Crippen LogP contribution in [0.2, 0.25) is 5.02 Å². The standard InChI is InChI=1S/C16H20ClNO/c1-3-4-12-14(9-18-11-6-7-11)19-16-10(2)5-8-13(17)15(12)16/h5,8,11,18H,3-4,6-7,9H2,1-2H3. The number of halogens is 1. The minimum atomic E-state index is 0.694. The normalized spacial score (nSPS) is 15.3. The third-order valence-corrected chi connectivity index (χ3v) is 4.11. The molecule has 1 aliphatic carbocycles. The summed E-state index contributed by atoms with van der Waals surface area (Å²) in [5.74, 6) is 1.07. The monoisotopic (exact) mass is 277 g/mol. The van der Waals surface area contributed by atoms with Crippen LogP contribution < -0.4 is 5.32 Å². The summed E-state index contributed by atoms with van der Waals surface area (Å²) in [5.41, 5.74) is 3.41. The lowest BCUT2D eigenvalue weighted by Gasteiger charge is -2.03. The van der Waals surface area contributed by atoms with Crippen molar-refractivity contribution in [1.29, 1.82) is 0 Å². The van der Waals surface area contributed by atoms with Crippen molar-refractivity contribution in [3.63, 3.8) is 0 Å². The molecule has 2 aromatic rings. The molecular formula is C16H20ClNO. The van der Waals surface area contributed by atoms with E-state index >= 15 is 0 Å². The lowest BCUT2D eigenvalue weighted by Crippen LogP contribution is -2.15. The quantitative estimate of drug-likeness (QED) is 0.864. The Morgan fingerprint density at radius 3 is 2.84 bits per heavy atom. The average Bonchev–Trinajstić information content (AvgIpc) is 3.15. The predicted octanol–water partition coefficient (Wildman–Crippen LogP) is 4.60. The van der Waals surface area contributed by atoms with Gasteiger partial charge in [-0.2, -0.15) is 0 Å². The zero-order chi connectivity index (χ0) is 13.4. The number of hydrogen-bond donors (Lipinski definition) is 1. The number of hydrogen-bond acceptors (Lipinski definition) is 2. The minimum absolute atomic E-state index is 0.694. The van der Waals surface area contributed by atoms with Gasteiger partial charge in [-0.3, -0.25) is 0 Å². The number of rotatable bonds is 5. The molecule has 1 aromatic heterocycles. The van der Waals surface area contributed by atoms with Gasteiger partial charge in [0.2, 0.25) is 0 Å². The number of nitrogens with one attached hydrogen (secondary N) is 1. The van der Waals surface area contributed by atoms with Gasteiger partial charge in [-0.1, -0.05) is 31.0 Å². The van der Waals surface area contributed by atoms with Crippen molar-refractivity contribution in [2.24, 2.45) is 0 Å². The molecule has 0 radical (unpaired) electrons. The predicted molar refractivity (Wildman–Crippen MR) is 79.8 cm³/mol. The van der Waals surface area contributed by atoms with Crippen molar-refractivity contribution >= 4 is 22.6 Å². The Balaban J connectivity index is 2.05. The van der Waals surface area contributed by atoms with Crippen LogP contribution in [0.15, 0.2) is 16.5 Å². The first-order valence-electron chi connectivity index (χ1n) is 7.13. The van der Waals surface area contributed by atoms with Gasteiger partial charge in [0.15, 0.2) is 0 Å². The van der Waals surface area contributed by atoms with Gasteiger partial charge in [0, 0.05) is 17.0 Å². The van der Waals surface area contributed by atoms with Crippen LogP contribution in [0.25, 0.3) is 11.0 Å². The number of fused-ring (bicyclic) bond motifs is 1. The molecule has 1 fully saturated rings. The summed E-state index contributed by atoms with van der Waals surface area (Å²) < 4.78 is 6.09. The van der Waals surface area contributed by atoms with E-state index in [1.165, 1.54) is 18.4 Å². The molecule has 0 amide bonds. The van der Waals surface area contributed by atoms with Gasteiger partial charge in [-0.25, -0.2) is 0 Å². The molecule has 3 heteroatoms. The largest absolute Gasteiger partial charge is 0.459 e. The lowest BCUT2D eigenvalue weighted by atomic mass is 10.0. The van der Waals surface area contributed by atoms with Crippen molar-refractivity contribution in [2.45, 2.75) is 52.1 Å². The average molecular weight is 278 g/mol. The maximum absolute atomic E-state index is 6.38. The van der Waals surface area contributed by atoms with Crippen LogP contribution in [-0.4, -0.2) is 6.04 Å². The van der Waals surface area contributed by atoms with E-state index in [2.05, 4.69) is 19.2 Å². The molecule has 0 atom stereocenters. The molecule has 0 unspecified atom stereocenters. The lowest BCUT2D eigenvalue weighted by molar-refractivity contribution is 0.504. The van der Waals surface area contributed by atoms with Crippen molar-refractivity contribution in [3.8, 4) is 0 Å². The molecular weight excluding hydrogens is 258 g/mol. The first-order valence-corrected chi connectivity index (χ1v) is 7.51. The highest BCUT2D eigenvalue weighted by Gasteiger charge is 2.23. The van der Waals surface area contributed by atoms with E-state index < -0.39 is 0 Å². The van der Waals surface area contributed by atoms with Gasteiger partial charge >= 0.3 is 0 Å². The molecule has 1 saturated carbocycles. The Bertz CT molecular complexity index is 598. The van der Waals surface area contributed by atoms with E-state index in [9.17, 15) is 0 Å². The van der Waals surface area contributed by atoms with Gasteiger partial charge < -0.3 is 9.73 Å². The third-order valence-electron chi connectivity index (χ3n) is 3.80. The van der Waals surface area contributed by atoms with E-state index in [-0.39, 0.29) is 0 Å². The summed E-state index contributed by atoms with van der Waals surface area (Å²) in [6.45, 7) is 5.10. The van der Waals surface area contributed by atoms with E-state index in [0.29, 0.717) is 6.04 Å². The highest BCUT2D eigenvalue weighted by atomic mass is 35.5. The molecule has 102 valence electrons. The van der Waals surface area contributed by atoms with E-state index in [0.717, 1.165) is 46.7 Å². The highest BCUT2D eigenvalue weighted by Crippen LogP contribution is 2.35. The van der Waals surface area contributed by atoms with Gasteiger partial charge in [0.1, 0.15) is 11.3 Å². The van der Waals surface area contributed by atoms with Crippen LogP contribution in [0.4, 0.5) is 0 Å². The summed E-state index contributed by atoms with van der Waals surface area (Å²) >= 11 is 6.38. The summed E-state index contributed by atoms with van der Waals surface area (Å²) in [6.07, 6.45) is 4.72. The van der Waals surface area contributed by atoms with E-state index in [1.54, 1.807) is 0 Å². The first-order chi connectivity index (χ1) is 9.20. The Morgan fingerprint density at radius 1 is 1.37 bits per heavy atom. The molecule has 0 saturated heterocycles. The van der Waals surface area contributed by atoms with Crippen LogP contribution in [0.3, 0.4) is 0 Å². The highest BCUT2D eigenvalue weighted by molar-refractivity contribution is 6.35. The molecule has 0 spiro atoms. The van der Waals surface area contributed by atoms with Crippen molar-refractivity contribution in [1.82, 2.24) is 5.32 Å². The summed E-state index contributed by atoms with van der Waals surface area (Å²) in [5, 5.41) is 5.47. The Kier molecular flexibility index (Phi) is 3.55. The molecule has 1 aliphatic rings. The SMILES string of the molecule is CCCc1c(CNC2CC2)oc2c(C)ccc(Cl)c12. The smallest absolute Gasteiger partial charge is 0.139 e. The molecule has 1 heterocycles. The summed E-state index contributed by atoms with van der Waals surface area (Å²) in [6, 6.07) is 4.70. The molecule has 0 bridgehead atoms. The van der Waals surface area contributed by atoms with Gasteiger partial charge in [-0.15, -0.1) is 0 Å². The van der Waals surface area contributed by atoms with Crippen LogP contribution in [-0.2, 0) is 13.0 Å². The minimum Gasteiger partial charge on any atom is -0.459 e. The van der Waals surface area contributed by atoms with Crippen LogP contribution >= 0.6 is 11.6 Å². The maximum atomic E-state index is 6.38. The Hall–Kier alpha value is -0.990. The van der Waals surface area contributed by atoms with Crippen molar-refractivity contribution in [3.05, 3.63) is 34.0 Å². The van der Waals surface area contributed by atoms with E-state index in [1.807, 2.05) is 12.1 Å². The van der Waals surface area contributed by atoms with Crippen LogP contribution in [0, 0.1) is 6.92 Å². The van der Waals surface area contributed by atoms with Gasteiger partial charge in [0.25, 0.3) is 0 Å². The van der Waals surface area contributed by atoms with Crippen LogP contribution in [0.1, 0.15) is 43.1 Å². The topological polar surface area (TPSA) is 25.2 Å². The fraction of sp³-hybridized carbons (Fsp3) is 0.500. The Morgan fingerprint density at radius 2 is 2.16 bits per heavy atom. The first kappa shape index (κ1) is 13.0. The van der Waals surface area contributed by atoms with Crippen molar-refractivity contribution < 1.29 is 4.42 Å². The number of benzene rings is 1. The van der Waals surface area contributed by atoms with Crippen LogP contribution in [0.5, 0.6) is 0 Å². The molecule has 19 heavy (non-hydrogen) atoms. The molecule has 3 rings (SSSR count). The zero-order valence-corrected chi connectivity index (χ0v) is 12.3. The fourth-order valence-corrected chi connectivity index (χ4v) is 2.84. The van der Waals surface area contributed by atoms with E-state index in [4.69, 9.17) is 16.0 Å². The molecule has 2 nitrogen and oxygen atoms in total. The van der Waals surface area contributed by atoms with Crippen molar-refractivity contribution in [2.75, 3.05) is 0 Å². The van der Waals surface area contributed by atoms with Gasteiger partial charge in [0.05, 0.1) is 11.6 Å². The molecule has 0 aliphatic heterocycles. The second-order valence-electron chi connectivity index (χ2n) is 5.48. The number of furan rings is 1.